The topological polar surface area (TPSA) is 75.7 Å². The summed E-state index contributed by atoms with van der Waals surface area (Å²) in [5.74, 6) is -1.53. The van der Waals surface area contributed by atoms with Crippen molar-refractivity contribution in [3.63, 3.8) is 0 Å². The quantitative estimate of drug-likeness (QED) is 0.627. The van der Waals surface area contributed by atoms with Gasteiger partial charge < -0.3 is 10.1 Å². The Labute approximate surface area is 155 Å². The molecule has 0 bridgehead atoms. The van der Waals surface area contributed by atoms with E-state index in [-0.39, 0.29) is 11.3 Å². The first-order chi connectivity index (χ1) is 12.9. The number of hydrogen-bond donors (Lipinski definition) is 1. The Bertz CT molecular complexity index is 900. The maximum atomic E-state index is 13.5. The van der Waals surface area contributed by atoms with Crippen LogP contribution in [0.2, 0.25) is 0 Å². The number of methoxy groups -OCH3 is 1. The van der Waals surface area contributed by atoms with Crippen molar-refractivity contribution in [3.8, 4) is 5.75 Å². The summed E-state index contributed by atoms with van der Waals surface area (Å²) < 4.78 is 18.6. The highest BCUT2D eigenvalue weighted by molar-refractivity contribution is 6.11. The predicted octanol–water partition coefficient (Wildman–Crippen LogP) is 2.87. The van der Waals surface area contributed by atoms with Crippen LogP contribution in [0.3, 0.4) is 0 Å². The van der Waals surface area contributed by atoms with E-state index in [9.17, 15) is 18.8 Å². The highest BCUT2D eigenvalue weighted by atomic mass is 19.1. The molecule has 1 heterocycles. The van der Waals surface area contributed by atoms with Gasteiger partial charge in [0.1, 0.15) is 17.1 Å². The van der Waals surface area contributed by atoms with E-state index in [1.807, 2.05) is 6.07 Å². The molecular formula is C20H19FN2O4. The van der Waals surface area contributed by atoms with Gasteiger partial charge in [-0.25, -0.2) is 9.18 Å². The van der Waals surface area contributed by atoms with Crippen LogP contribution in [-0.2, 0) is 10.3 Å². The lowest BCUT2D eigenvalue weighted by molar-refractivity contribution is -0.131. The predicted molar refractivity (Wildman–Crippen MR) is 95.9 cm³/mol. The van der Waals surface area contributed by atoms with E-state index in [1.165, 1.54) is 19.2 Å². The van der Waals surface area contributed by atoms with Gasteiger partial charge in [-0.2, -0.15) is 0 Å². The van der Waals surface area contributed by atoms with E-state index < -0.39 is 35.6 Å². The molecule has 3 rings (SSSR count). The molecule has 1 aliphatic heterocycles. The highest BCUT2D eigenvalue weighted by Gasteiger charge is 2.51. The molecule has 1 aliphatic rings. The number of nitrogens with one attached hydrogen (secondary N) is 1. The highest BCUT2D eigenvalue weighted by Crippen LogP contribution is 2.32. The number of urea groups is 1. The van der Waals surface area contributed by atoms with Gasteiger partial charge in [-0.1, -0.05) is 37.3 Å². The molecule has 7 heteroatoms. The SMILES string of the molecule is CC[C@@]1(c2ccccc2)NC(=O)N(CC(=O)c2cc(F)ccc2OC)C1=O. The Kier molecular flexibility index (Phi) is 4.94. The number of ketones is 1. The second-order valence-corrected chi connectivity index (χ2v) is 6.21. The minimum atomic E-state index is -1.22. The zero-order valence-electron chi connectivity index (χ0n) is 15.0. The van der Waals surface area contributed by atoms with E-state index in [2.05, 4.69) is 5.32 Å². The maximum Gasteiger partial charge on any atom is 0.325 e. The zero-order valence-corrected chi connectivity index (χ0v) is 15.0. The van der Waals surface area contributed by atoms with Gasteiger partial charge in [0, 0.05) is 0 Å². The molecule has 3 amide bonds. The first kappa shape index (κ1) is 18.6. The summed E-state index contributed by atoms with van der Waals surface area (Å²) in [4.78, 5) is 39.0. The Morgan fingerprint density at radius 2 is 1.89 bits per heavy atom. The summed E-state index contributed by atoms with van der Waals surface area (Å²) in [5, 5.41) is 2.71. The standard InChI is InChI=1S/C20H19FN2O4/c1-3-20(13-7-5-4-6-8-13)18(25)23(19(26)22-20)12-16(24)15-11-14(21)9-10-17(15)27-2/h4-11H,3,12H2,1-2H3,(H,22,26)/t20-/m0/s1. The number of carbonyl (C=O) groups excluding carboxylic acids is 3. The van der Waals surface area contributed by atoms with Gasteiger partial charge in [-0.15, -0.1) is 0 Å². The minimum absolute atomic E-state index is 0.0215. The van der Waals surface area contributed by atoms with Crippen LogP contribution in [0.25, 0.3) is 0 Å². The van der Waals surface area contributed by atoms with Gasteiger partial charge in [0.25, 0.3) is 5.91 Å². The number of benzene rings is 2. The molecule has 1 atom stereocenters. The Morgan fingerprint density at radius 3 is 2.52 bits per heavy atom. The number of amides is 3. The van der Waals surface area contributed by atoms with Gasteiger partial charge in [0.15, 0.2) is 5.78 Å². The third-order valence-corrected chi connectivity index (χ3v) is 4.74. The lowest BCUT2D eigenvalue weighted by atomic mass is 9.87. The second-order valence-electron chi connectivity index (χ2n) is 6.21. The van der Waals surface area contributed by atoms with Crippen molar-refractivity contribution in [2.45, 2.75) is 18.9 Å². The molecule has 6 nitrogen and oxygen atoms in total. The number of carbonyl (C=O) groups is 3. The summed E-state index contributed by atoms with van der Waals surface area (Å²) in [5.41, 5.74) is -0.596. The first-order valence-electron chi connectivity index (χ1n) is 8.49. The van der Waals surface area contributed by atoms with Crippen molar-refractivity contribution in [2.24, 2.45) is 0 Å². The fourth-order valence-electron chi connectivity index (χ4n) is 3.26. The van der Waals surface area contributed by atoms with Gasteiger partial charge in [0.2, 0.25) is 0 Å². The number of rotatable bonds is 6. The molecule has 2 aromatic rings. The second kappa shape index (κ2) is 7.19. The molecule has 1 fully saturated rings. The van der Waals surface area contributed by atoms with Crippen LogP contribution < -0.4 is 10.1 Å². The molecule has 0 radical (unpaired) electrons. The molecule has 140 valence electrons. The van der Waals surface area contributed by atoms with Crippen LogP contribution in [0.4, 0.5) is 9.18 Å². The average Bonchev–Trinajstić information content (AvgIpc) is 2.93. The van der Waals surface area contributed by atoms with E-state index >= 15 is 0 Å². The van der Waals surface area contributed by atoms with Gasteiger partial charge in [0.05, 0.1) is 19.2 Å². The molecule has 0 unspecified atom stereocenters. The normalized spacial score (nSPS) is 19.1. The fourth-order valence-corrected chi connectivity index (χ4v) is 3.26. The molecule has 0 aliphatic carbocycles. The monoisotopic (exact) mass is 370 g/mol. The number of nitrogens with zero attached hydrogens (tertiary/aromatic N) is 1. The molecule has 0 saturated carbocycles. The van der Waals surface area contributed by atoms with Crippen molar-refractivity contribution in [1.82, 2.24) is 10.2 Å². The van der Waals surface area contributed by atoms with Crippen molar-refractivity contribution in [1.29, 1.82) is 0 Å². The Morgan fingerprint density at radius 1 is 1.19 bits per heavy atom. The maximum absolute atomic E-state index is 13.5. The first-order valence-corrected chi connectivity index (χ1v) is 8.49. The summed E-state index contributed by atoms with van der Waals surface area (Å²) in [6.07, 6.45) is 0.329. The zero-order chi connectivity index (χ0) is 19.6. The Balaban J connectivity index is 1.90. The van der Waals surface area contributed by atoms with Gasteiger partial charge in [-0.05, 0) is 30.2 Å². The summed E-state index contributed by atoms with van der Waals surface area (Å²) >= 11 is 0. The van der Waals surface area contributed by atoms with E-state index in [4.69, 9.17) is 4.74 Å². The van der Waals surface area contributed by atoms with E-state index in [1.54, 1.807) is 31.2 Å². The van der Waals surface area contributed by atoms with Crippen molar-refractivity contribution >= 4 is 17.7 Å². The number of ether oxygens (including phenoxy) is 1. The smallest absolute Gasteiger partial charge is 0.325 e. The minimum Gasteiger partial charge on any atom is -0.496 e. The van der Waals surface area contributed by atoms with Gasteiger partial charge in [-0.3, -0.25) is 14.5 Å². The van der Waals surface area contributed by atoms with Crippen LogP contribution in [0, 0.1) is 5.82 Å². The summed E-state index contributed by atoms with van der Waals surface area (Å²) in [6.45, 7) is 1.28. The van der Waals surface area contributed by atoms with Crippen LogP contribution in [0.5, 0.6) is 5.75 Å². The molecule has 1 N–H and O–H groups in total. The fraction of sp³-hybridized carbons (Fsp3) is 0.250. The van der Waals surface area contributed by atoms with Crippen LogP contribution in [-0.4, -0.2) is 36.3 Å². The molecule has 27 heavy (non-hydrogen) atoms. The third kappa shape index (κ3) is 3.16. The molecule has 0 aromatic heterocycles. The van der Waals surface area contributed by atoms with E-state index in [0.29, 0.717) is 12.0 Å². The average molecular weight is 370 g/mol. The number of hydrogen-bond acceptors (Lipinski definition) is 4. The Hall–Kier alpha value is -3.22. The molecule has 2 aromatic carbocycles. The van der Waals surface area contributed by atoms with Crippen LogP contribution in [0.1, 0.15) is 29.3 Å². The van der Waals surface area contributed by atoms with Gasteiger partial charge >= 0.3 is 6.03 Å². The van der Waals surface area contributed by atoms with E-state index in [0.717, 1.165) is 11.0 Å². The lowest BCUT2D eigenvalue weighted by Crippen LogP contribution is -2.43. The number of imide groups is 1. The number of Topliss-reactive ketones (excluding diaryl/α,β-unsaturated/α-hetero) is 1. The van der Waals surface area contributed by atoms with Crippen LogP contribution in [0.15, 0.2) is 48.5 Å². The van der Waals surface area contributed by atoms with Crippen molar-refractivity contribution < 1.29 is 23.5 Å². The molecule has 1 saturated heterocycles. The largest absolute Gasteiger partial charge is 0.496 e. The lowest BCUT2D eigenvalue weighted by Gasteiger charge is -2.25. The number of halogens is 1. The molecule has 0 spiro atoms. The summed E-state index contributed by atoms with van der Waals surface area (Å²) in [7, 11) is 1.36. The molecular weight excluding hydrogens is 351 g/mol. The van der Waals surface area contributed by atoms with Crippen LogP contribution >= 0.6 is 0 Å². The van der Waals surface area contributed by atoms with Crippen molar-refractivity contribution in [3.05, 3.63) is 65.5 Å². The van der Waals surface area contributed by atoms with Crippen molar-refractivity contribution in [2.75, 3.05) is 13.7 Å². The summed E-state index contributed by atoms with van der Waals surface area (Å²) in [6, 6.07) is 11.7. The third-order valence-electron chi connectivity index (χ3n) is 4.74.